The largest absolute Gasteiger partial charge is 0.347 e. The van der Waals surface area contributed by atoms with E-state index in [-0.39, 0.29) is 11.4 Å². The number of nitro groups is 1. The van der Waals surface area contributed by atoms with Crippen LogP contribution in [0.4, 0.5) is 21.5 Å². The number of nitrogens with one attached hydrogen (secondary N) is 1. The first-order chi connectivity index (χ1) is 11.1. The molecule has 0 unspecified atom stereocenters. The van der Waals surface area contributed by atoms with E-state index in [1.807, 2.05) is 30.3 Å². The van der Waals surface area contributed by atoms with Gasteiger partial charge in [0, 0.05) is 6.20 Å². The van der Waals surface area contributed by atoms with Crippen LogP contribution in [0.15, 0.2) is 60.9 Å². The number of nitrogens with zero attached hydrogens (tertiary/aromatic N) is 3. The summed E-state index contributed by atoms with van der Waals surface area (Å²) in [7, 11) is 0. The van der Waals surface area contributed by atoms with Gasteiger partial charge in [-0.3, -0.25) is 14.8 Å². The van der Waals surface area contributed by atoms with Crippen LogP contribution in [-0.2, 0) is 6.54 Å². The van der Waals surface area contributed by atoms with Crippen molar-refractivity contribution < 1.29 is 9.31 Å². The maximum Gasteiger partial charge on any atom is 0.295 e. The fraction of sp³-hybridized carbons (Fsp3) is 0.0625. The highest BCUT2D eigenvalue weighted by atomic mass is 19.1. The Morgan fingerprint density at radius 3 is 2.74 bits per heavy atom. The lowest BCUT2D eigenvalue weighted by Gasteiger charge is -2.04. The van der Waals surface area contributed by atoms with Crippen LogP contribution in [0.1, 0.15) is 5.56 Å². The highest BCUT2D eigenvalue weighted by Gasteiger charge is 2.15. The Labute approximate surface area is 131 Å². The minimum atomic E-state index is -0.651. The zero-order valence-corrected chi connectivity index (χ0v) is 12.0. The lowest BCUT2D eigenvalue weighted by atomic mass is 10.2. The highest BCUT2D eigenvalue weighted by Crippen LogP contribution is 2.28. The molecule has 0 spiro atoms. The first-order valence-electron chi connectivity index (χ1n) is 6.89. The molecule has 116 valence electrons. The van der Waals surface area contributed by atoms with Crippen molar-refractivity contribution in [3.8, 4) is 0 Å². The van der Waals surface area contributed by atoms with Gasteiger partial charge < -0.3 is 5.32 Å². The second-order valence-corrected chi connectivity index (χ2v) is 4.96. The van der Waals surface area contributed by atoms with E-state index in [1.54, 1.807) is 17.1 Å². The maximum absolute atomic E-state index is 13.1. The molecule has 3 aromatic rings. The monoisotopic (exact) mass is 312 g/mol. The van der Waals surface area contributed by atoms with E-state index >= 15 is 0 Å². The SMILES string of the molecule is O=[N+]([O-])c1cc(F)ccc1Nc1cnn(Cc2ccccc2)c1. The molecule has 0 saturated heterocycles. The number of rotatable bonds is 5. The summed E-state index contributed by atoms with van der Waals surface area (Å²) in [5, 5.41) is 18.1. The van der Waals surface area contributed by atoms with Gasteiger partial charge in [0.05, 0.1) is 29.4 Å². The molecular weight excluding hydrogens is 299 g/mol. The second kappa shape index (κ2) is 6.27. The summed E-state index contributed by atoms with van der Waals surface area (Å²) in [6.07, 6.45) is 3.30. The molecule has 7 heteroatoms. The van der Waals surface area contributed by atoms with E-state index in [0.717, 1.165) is 11.6 Å². The number of nitro benzene ring substituents is 1. The number of benzene rings is 2. The van der Waals surface area contributed by atoms with Gasteiger partial charge in [0.25, 0.3) is 5.69 Å². The number of hydrogen-bond donors (Lipinski definition) is 1. The molecule has 0 atom stereocenters. The van der Waals surface area contributed by atoms with Crippen LogP contribution in [0.2, 0.25) is 0 Å². The third-order valence-corrected chi connectivity index (χ3v) is 3.26. The average Bonchev–Trinajstić information content (AvgIpc) is 2.97. The van der Waals surface area contributed by atoms with Crippen molar-refractivity contribution in [3.63, 3.8) is 0 Å². The minimum Gasteiger partial charge on any atom is -0.347 e. The predicted molar refractivity (Wildman–Crippen MR) is 84.1 cm³/mol. The summed E-state index contributed by atoms with van der Waals surface area (Å²) in [5.74, 6) is -0.651. The first-order valence-corrected chi connectivity index (χ1v) is 6.89. The predicted octanol–water partition coefficient (Wildman–Crippen LogP) is 3.72. The summed E-state index contributed by atoms with van der Waals surface area (Å²) in [6.45, 7) is 0.591. The third kappa shape index (κ3) is 3.52. The van der Waals surface area contributed by atoms with Gasteiger partial charge in [-0.15, -0.1) is 0 Å². The van der Waals surface area contributed by atoms with Gasteiger partial charge in [-0.2, -0.15) is 5.10 Å². The van der Waals surface area contributed by atoms with E-state index in [2.05, 4.69) is 10.4 Å². The summed E-state index contributed by atoms with van der Waals surface area (Å²) >= 11 is 0. The van der Waals surface area contributed by atoms with Crippen molar-refractivity contribution >= 4 is 17.1 Å². The lowest BCUT2D eigenvalue weighted by Crippen LogP contribution is -1.99. The molecule has 1 N–H and O–H groups in total. The van der Waals surface area contributed by atoms with Crippen LogP contribution in [0, 0.1) is 15.9 Å². The van der Waals surface area contributed by atoms with Crippen molar-refractivity contribution in [2.24, 2.45) is 0 Å². The molecule has 1 aromatic heterocycles. The van der Waals surface area contributed by atoms with Gasteiger partial charge in [0.2, 0.25) is 0 Å². The van der Waals surface area contributed by atoms with E-state index in [1.165, 1.54) is 12.1 Å². The molecule has 2 aromatic carbocycles. The molecule has 0 aliphatic carbocycles. The fourth-order valence-corrected chi connectivity index (χ4v) is 2.20. The van der Waals surface area contributed by atoms with Crippen LogP contribution in [0.5, 0.6) is 0 Å². The van der Waals surface area contributed by atoms with E-state index < -0.39 is 10.7 Å². The third-order valence-electron chi connectivity index (χ3n) is 3.26. The van der Waals surface area contributed by atoms with Gasteiger partial charge in [0.1, 0.15) is 11.5 Å². The van der Waals surface area contributed by atoms with E-state index in [4.69, 9.17) is 0 Å². The zero-order valence-electron chi connectivity index (χ0n) is 12.0. The molecular formula is C16H13FN4O2. The van der Waals surface area contributed by atoms with E-state index in [0.29, 0.717) is 12.2 Å². The summed E-state index contributed by atoms with van der Waals surface area (Å²) in [6, 6.07) is 13.2. The number of aromatic nitrogens is 2. The zero-order chi connectivity index (χ0) is 16.2. The van der Waals surface area contributed by atoms with Gasteiger partial charge in [-0.25, -0.2) is 4.39 Å². The molecule has 6 nitrogen and oxygen atoms in total. The summed E-state index contributed by atoms with van der Waals surface area (Å²) in [4.78, 5) is 10.4. The fourth-order valence-electron chi connectivity index (χ4n) is 2.20. The lowest BCUT2D eigenvalue weighted by molar-refractivity contribution is -0.384. The molecule has 0 aliphatic heterocycles. The Kier molecular flexibility index (Phi) is 4.01. The Morgan fingerprint density at radius 1 is 1.22 bits per heavy atom. The molecule has 0 fully saturated rings. The van der Waals surface area contributed by atoms with Gasteiger partial charge in [-0.1, -0.05) is 30.3 Å². The molecule has 23 heavy (non-hydrogen) atoms. The smallest absolute Gasteiger partial charge is 0.295 e. The second-order valence-electron chi connectivity index (χ2n) is 4.96. The standard InChI is InChI=1S/C16H13FN4O2/c17-13-6-7-15(16(8-13)21(22)23)19-14-9-18-20(11-14)10-12-4-2-1-3-5-12/h1-9,11,19H,10H2. The minimum absolute atomic E-state index is 0.218. The number of halogens is 1. The Morgan fingerprint density at radius 2 is 2.00 bits per heavy atom. The molecule has 3 rings (SSSR count). The first kappa shape index (κ1) is 14.7. The topological polar surface area (TPSA) is 73.0 Å². The molecule has 0 radical (unpaired) electrons. The average molecular weight is 312 g/mol. The molecule has 0 bridgehead atoms. The van der Waals surface area contributed by atoms with Crippen molar-refractivity contribution in [1.29, 1.82) is 0 Å². The van der Waals surface area contributed by atoms with Crippen molar-refractivity contribution in [3.05, 3.63) is 82.4 Å². The number of anilines is 2. The van der Waals surface area contributed by atoms with Crippen molar-refractivity contribution in [2.45, 2.75) is 6.54 Å². The molecule has 0 aliphatic rings. The molecule has 0 saturated carbocycles. The summed E-state index contributed by atoms with van der Waals surface area (Å²) in [5.41, 5.74) is 1.59. The van der Waals surface area contributed by atoms with Crippen molar-refractivity contribution in [2.75, 3.05) is 5.32 Å². The van der Waals surface area contributed by atoms with Crippen LogP contribution >= 0.6 is 0 Å². The van der Waals surface area contributed by atoms with Gasteiger partial charge in [0.15, 0.2) is 0 Å². The van der Waals surface area contributed by atoms with Crippen LogP contribution in [0.3, 0.4) is 0 Å². The maximum atomic E-state index is 13.1. The summed E-state index contributed by atoms with van der Waals surface area (Å²) < 4.78 is 14.9. The van der Waals surface area contributed by atoms with Crippen LogP contribution in [0.25, 0.3) is 0 Å². The van der Waals surface area contributed by atoms with Gasteiger partial charge >= 0.3 is 0 Å². The molecule has 1 heterocycles. The quantitative estimate of drug-likeness (QED) is 0.575. The normalized spacial score (nSPS) is 10.5. The Bertz CT molecular complexity index is 833. The Hall–Kier alpha value is -3.22. The van der Waals surface area contributed by atoms with Gasteiger partial charge in [-0.05, 0) is 17.7 Å². The number of hydrogen-bond acceptors (Lipinski definition) is 4. The van der Waals surface area contributed by atoms with Crippen molar-refractivity contribution in [1.82, 2.24) is 9.78 Å². The highest BCUT2D eigenvalue weighted by molar-refractivity contribution is 5.68. The van der Waals surface area contributed by atoms with Crippen LogP contribution in [-0.4, -0.2) is 14.7 Å². The molecule has 0 amide bonds. The Balaban J connectivity index is 1.78. The van der Waals surface area contributed by atoms with Crippen LogP contribution < -0.4 is 5.32 Å². The van der Waals surface area contributed by atoms with E-state index in [9.17, 15) is 14.5 Å².